The van der Waals surface area contributed by atoms with Crippen molar-refractivity contribution in [3.05, 3.63) is 47.9 Å². The van der Waals surface area contributed by atoms with Crippen molar-refractivity contribution >= 4 is 35.0 Å². The molecule has 3 aromatic rings. The van der Waals surface area contributed by atoms with Gasteiger partial charge in [0.05, 0.1) is 42.5 Å². The van der Waals surface area contributed by atoms with Gasteiger partial charge in [-0.15, -0.1) is 16.8 Å². The third-order valence-electron chi connectivity index (χ3n) is 4.21. The van der Waals surface area contributed by atoms with Gasteiger partial charge in [-0.25, -0.2) is 0 Å². The van der Waals surface area contributed by atoms with Crippen molar-refractivity contribution in [1.29, 1.82) is 0 Å². The molecule has 0 aliphatic carbocycles. The van der Waals surface area contributed by atoms with Crippen LogP contribution in [0.5, 0.6) is 11.5 Å². The van der Waals surface area contributed by atoms with Crippen LogP contribution in [0.1, 0.15) is 5.76 Å². The minimum Gasteiger partial charge on any atom is -0.495 e. The molecule has 0 unspecified atom stereocenters. The zero-order valence-corrected chi connectivity index (χ0v) is 18.3. The summed E-state index contributed by atoms with van der Waals surface area (Å²) in [5.41, 5.74) is 1.31. The summed E-state index contributed by atoms with van der Waals surface area (Å²) in [4.78, 5) is 12.5. The van der Waals surface area contributed by atoms with Crippen LogP contribution in [0.15, 0.2) is 46.7 Å². The summed E-state index contributed by atoms with van der Waals surface area (Å²) in [5, 5.41) is 12.3. The molecule has 2 aromatic heterocycles. The number of allylic oxidation sites excluding steroid dienone is 1. The van der Waals surface area contributed by atoms with E-state index in [1.54, 1.807) is 24.5 Å². The number of benzene rings is 1. The van der Waals surface area contributed by atoms with Crippen molar-refractivity contribution in [2.24, 2.45) is 0 Å². The van der Waals surface area contributed by atoms with E-state index in [1.165, 1.54) is 26.0 Å². The molecule has 30 heavy (non-hydrogen) atoms. The molecule has 0 aliphatic heterocycles. The van der Waals surface area contributed by atoms with Gasteiger partial charge in [-0.2, -0.15) is 0 Å². The molecule has 0 saturated carbocycles. The highest BCUT2D eigenvalue weighted by atomic mass is 35.5. The average Bonchev–Trinajstić information content (AvgIpc) is 3.33. The van der Waals surface area contributed by atoms with Crippen LogP contribution in [0.2, 0.25) is 5.02 Å². The molecule has 0 fully saturated rings. The highest BCUT2D eigenvalue weighted by molar-refractivity contribution is 7.99. The fraction of sp³-hybridized carbons (Fsp3) is 0.250. The van der Waals surface area contributed by atoms with Gasteiger partial charge in [-0.3, -0.25) is 9.36 Å². The van der Waals surface area contributed by atoms with Crippen molar-refractivity contribution < 1.29 is 18.7 Å². The Balaban J connectivity index is 1.75. The molecule has 1 aromatic carbocycles. The number of carbonyl (C=O) groups excluding carboxylic acids is 1. The van der Waals surface area contributed by atoms with E-state index in [1.807, 2.05) is 17.6 Å². The molecule has 0 bridgehead atoms. The SMILES string of the molecule is C=CCn1c(SCC(=O)Nc2cc(OC)c(Cl)cc2OC)nnc1-c1ccoc1C. The number of methoxy groups -OCH3 is 2. The topological polar surface area (TPSA) is 91.4 Å². The zero-order chi connectivity index (χ0) is 21.7. The number of ether oxygens (including phenoxy) is 2. The van der Waals surface area contributed by atoms with E-state index >= 15 is 0 Å². The number of halogens is 1. The largest absolute Gasteiger partial charge is 0.495 e. The lowest BCUT2D eigenvalue weighted by Crippen LogP contribution is -2.15. The normalized spacial score (nSPS) is 10.7. The molecular formula is C20H21ClN4O4S. The molecule has 8 nitrogen and oxygen atoms in total. The van der Waals surface area contributed by atoms with Crippen molar-refractivity contribution in [1.82, 2.24) is 14.8 Å². The van der Waals surface area contributed by atoms with Crippen molar-refractivity contribution in [2.75, 3.05) is 25.3 Å². The molecule has 0 radical (unpaired) electrons. The van der Waals surface area contributed by atoms with Crippen LogP contribution in [0, 0.1) is 6.92 Å². The Morgan fingerprint density at radius 2 is 2.10 bits per heavy atom. The number of furan rings is 1. The highest BCUT2D eigenvalue weighted by Gasteiger charge is 2.18. The summed E-state index contributed by atoms with van der Waals surface area (Å²) in [7, 11) is 3.00. The molecule has 158 valence electrons. The number of thioether (sulfide) groups is 1. The maximum Gasteiger partial charge on any atom is 0.234 e. The first kappa shape index (κ1) is 21.8. The summed E-state index contributed by atoms with van der Waals surface area (Å²) in [5.74, 6) is 2.15. The van der Waals surface area contributed by atoms with Crippen molar-refractivity contribution in [2.45, 2.75) is 18.6 Å². The second-order valence-electron chi connectivity index (χ2n) is 6.12. The van der Waals surface area contributed by atoms with Crippen LogP contribution in [0.3, 0.4) is 0 Å². The summed E-state index contributed by atoms with van der Waals surface area (Å²) >= 11 is 7.37. The summed E-state index contributed by atoms with van der Waals surface area (Å²) in [6, 6.07) is 5.04. The summed E-state index contributed by atoms with van der Waals surface area (Å²) in [6.45, 7) is 6.15. The van der Waals surface area contributed by atoms with E-state index in [-0.39, 0.29) is 11.7 Å². The predicted molar refractivity (Wildman–Crippen MR) is 117 cm³/mol. The third kappa shape index (κ3) is 4.63. The Morgan fingerprint density at radius 3 is 2.73 bits per heavy atom. The van der Waals surface area contributed by atoms with Crippen molar-refractivity contribution in [3.63, 3.8) is 0 Å². The Bertz CT molecular complexity index is 1060. The van der Waals surface area contributed by atoms with Gasteiger partial charge >= 0.3 is 0 Å². The van der Waals surface area contributed by atoms with E-state index in [0.29, 0.717) is 39.7 Å². The van der Waals surface area contributed by atoms with Crippen LogP contribution < -0.4 is 14.8 Å². The number of carbonyl (C=O) groups is 1. The van der Waals surface area contributed by atoms with Crippen LogP contribution in [0.4, 0.5) is 5.69 Å². The first-order chi connectivity index (χ1) is 14.5. The Labute approximate surface area is 183 Å². The van der Waals surface area contributed by atoms with Crippen LogP contribution >= 0.6 is 23.4 Å². The van der Waals surface area contributed by atoms with Gasteiger partial charge in [0.1, 0.15) is 17.3 Å². The Kier molecular flexibility index (Phi) is 7.07. The number of amides is 1. The molecule has 0 atom stereocenters. The monoisotopic (exact) mass is 448 g/mol. The highest BCUT2D eigenvalue weighted by Crippen LogP contribution is 2.36. The van der Waals surface area contributed by atoms with Gasteiger partial charge in [0.15, 0.2) is 11.0 Å². The molecule has 10 heteroatoms. The van der Waals surface area contributed by atoms with E-state index in [0.717, 1.165) is 11.3 Å². The fourth-order valence-corrected chi connectivity index (χ4v) is 3.76. The van der Waals surface area contributed by atoms with Gasteiger partial charge in [0.2, 0.25) is 5.91 Å². The first-order valence-electron chi connectivity index (χ1n) is 8.91. The summed E-state index contributed by atoms with van der Waals surface area (Å²) in [6.07, 6.45) is 3.35. The predicted octanol–water partition coefficient (Wildman–Crippen LogP) is 4.43. The number of anilines is 1. The van der Waals surface area contributed by atoms with E-state index in [9.17, 15) is 4.79 Å². The standard InChI is InChI=1S/C20H21ClN4O4S/c1-5-7-25-19(13-6-8-29-12(13)2)23-24-20(25)30-11-18(26)22-15-10-16(27-3)14(21)9-17(15)28-4/h5-6,8-10H,1,7,11H2,2-4H3,(H,22,26). The molecule has 0 spiro atoms. The number of aromatic nitrogens is 3. The maximum absolute atomic E-state index is 12.5. The molecule has 2 heterocycles. The van der Waals surface area contributed by atoms with E-state index in [2.05, 4.69) is 22.1 Å². The molecule has 0 aliphatic rings. The number of rotatable bonds is 9. The maximum atomic E-state index is 12.5. The van der Waals surface area contributed by atoms with Gasteiger partial charge in [0.25, 0.3) is 0 Å². The number of nitrogens with zero attached hydrogens (tertiary/aromatic N) is 3. The third-order valence-corrected chi connectivity index (χ3v) is 5.47. The summed E-state index contributed by atoms with van der Waals surface area (Å²) < 4.78 is 17.7. The number of hydrogen-bond acceptors (Lipinski definition) is 7. The lowest BCUT2D eigenvalue weighted by atomic mass is 10.2. The quantitative estimate of drug-likeness (QED) is 0.382. The Morgan fingerprint density at radius 1 is 1.33 bits per heavy atom. The lowest BCUT2D eigenvalue weighted by molar-refractivity contribution is -0.113. The molecule has 1 N–H and O–H groups in total. The van der Waals surface area contributed by atoms with Crippen molar-refractivity contribution in [3.8, 4) is 22.9 Å². The van der Waals surface area contributed by atoms with Gasteiger partial charge in [-0.05, 0) is 13.0 Å². The zero-order valence-electron chi connectivity index (χ0n) is 16.8. The second kappa shape index (κ2) is 9.73. The minimum atomic E-state index is -0.239. The van der Waals surface area contributed by atoms with E-state index < -0.39 is 0 Å². The average molecular weight is 449 g/mol. The van der Waals surface area contributed by atoms with Gasteiger partial charge in [0, 0.05) is 18.7 Å². The first-order valence-corrected chi connectivity index (χ1v) is 10.3. The number of hydrogen-bond donors (Lipinski definition) is 1. The van der Waals surface area contributed by atoms with Crippen LogP contribution in [-0.2, 0) is 11.3 Å². The van der Waals surface area contributed by atoms with Gasteiger partial charge in [-0.1, -0.05) is 29.4 Å². The molecule has 1 amide bonds. The molecule has 0 saturated heterocycles. The smallest absolute Gasteiger partial charge is 0.234 e. The fourth-order valence-electron chi connectivity index (χ4n) is 2.78. The van der Waals surface area contributed by atoms with E-state index in [4.69, 9.17) is 25.5 Å². The van der Waals surface area contributed by atoms with Gasteiger partial charge < -0.3 is 19.2 Å². The number of aryl methyl sites for hydroxylation is 1. The lowest BCUT2D eigenvalue weighted by Gasteiger charge is -2.13. The molecular weight excluding hydrogens is 428 g/mol. The van der Waals surface area contributed by atoms with Crippen LogP contribution in [0.25, 0.3) is 11.4 Å². The van der Waals surface area contributed by atoms with Crippen LogP contribution in [-0.4, -0.2) is 40.6 Å². The Hall–Kier alpha value is -2.91. The molecule has 3 rings (SSSR count). The number of nitrogens with one attached hydrogen (secondary N) is 1. The second-order valence-corrected chi connectivity index (χ2v) is 7.47. The minimum absolute atomic E-state index is 0.119.